The zero-order valence-electron chi connectivity index (χ0n) is 47.7. The number of nitrogens with one attached hydrogen (secondary N) is 6. The number of carboxylic acids is 1. The maximum absolute atomic E-state index is 12.9. The predicted octanol–water partition coefficient (Wildman–Crippen LogP) is -2.10. The van der Waals surface area contributed by atoms with Crippen molar-refractivity contribution < 1.29 is 100 Å². The summed E-state index contributed by atoms with van der Waals surface area (Å²) in [6.45, 7) is 8.54. The van der Waals surface area contributed by atoms with Crippen LogP contribution in [0.2, 0.25) is 0 Å². The molecule has 6 amide bonds. The van der Waals surface area contributed by atoms with Gasteiger partial charge in [0.2, 0.25) is 35.4 Å². The zero-order valence-corrected chi connectivity index (χ0v) is 47.7. The van der Waals surface area contributed by atoms with Crippen LogP contribution in [0.1, 0.15) is 24.0 Å². The molecule has 0 radical (unpaired) electrons. The fourth-order valence-electron chi connectivity index (χ4n) is 6.59. The van der Waals surface area contributed by atoms with E-state index >= 15 is 0 Å². The van der Waals surface area contributed by atoms with Gasteiger partial charge in [-0.3, -0.25) is 28.8 Å². The molecule has 2 rings (SSSR count). The minimum atomic E-state index is -1.22. The Morgan fingerprint density at radius 2 is 0.771 bits per heavy atom. The molecule has 28 nitrogen and oxygen atoms in total. The number of carboxylic acid groups (broad SMARTS) is 1. The summed E-state index contributed by atoms with van der Waals surface area (Å²) in [7, 11) is 0. The second-order valence-corrected chi connectivity index (χ2v) is 17.6. The smallest absolute Gasteiger partial charge is 0.329 e. The van der Waals surface area contributed by atoms with Crippen molar-refractivity contribution in [2.75, 3.05) is 198 Å². The molecule has 0 saturated heterocycles. The fraction of sp³-hybridized carbons (Fsp3) is 0.655. The number of benzene rings is 2. The largest absolute Gasteiger partial charge is 0.480 e. The standard InChI is InChI=1S/C55H89N7O21/c56-47(54(69)59-40-50(64)58-42-52(66)62-48(39-46-9-5-2-6-10-46)55(70)60-41-51(65)61-44-83-43-53(67)68)11-12-49(63)57-14-16-72-18-20-74-22-24-76-26-28-78-30-32-80-34-36-82-38-37-81-35-33-79-31-29-77-27-25-75-23-21-73-19-17-71-15-13-45-7-3-1-4-8-45/h1-10,47-48H,11-44,56H2,(H,57,63)(H,58,64)(H,59,69)(H,60,70)(H,61,65)(H,62,66)(H,67,68)/t47-,48-/m0/s1. The van der Waals surface area contributed by atoms with Gasteiger partial charge in [-0.2, -0.15) is 0 Å². The van der Waals surface area contributed by atoms with Crippen LogP contribution in [0.3, 0.4) is 0 Å². The third-order valence-corrected chi connectivity index (χ3v) is 10.9. The first-order valence-corrected chi connectivity index (χ1v) is 27.7. The molecule has 28 heteroatoms. The van der Waals surface area contributed by atoms with E-state index in [-0.39, 0.29) is 45.1 Å². The molecule has 0 bridgehead atoms. The first-order chi connectivity index (χ1) is 40.5. The number of nitrogens with two attached hydrogens (primary N) is 1. The summed E-state index contributed by atoms with van der Waals surface area (Å²) in [6, 6.07) is 16.7. The first-order valence-electron chi connectivity index (χ1n) is 27.7. The number of ether oxygens (including phenoxy) is 13. The Labute approximate surface area is 485 Å². The van der Waals surface area contributed by atoms with E-state index in [2.05, 4.69) is 44.0 Å². The van der Waals surface area contributed by atoms with E-state index in [9.17, 15) is 33.6 Å². The summed E-state index contributed by atoms with van der Waals surface area (Å²) in [5, 5.41) is 23.1. The second-order valence-electron chi connectivity index (χ2n) is 17.6. The molecule has 0 aliphatic heterocycles. The van der Waals surface area contributed by atoms with Gasteiger partial charge >= 0.3 is 5.97 Å². The van der Waals surface area contributed by atoms with Gasteiger partial charge in [0.05, 0.1) is 184 Å². The van der Waals surface area contributed by atoms with Crippen molar-refractivity contribution in [3.8, 4) is 0 Å². The third-order valence-electron chi connectivity index (χ3n) is 10.9. The van der Waals surface area contributed by atoms with Crippen molar-refractivity contribution in [2.45, 2.75) is 37.8 Å². The average Bonchev–Trinajstić information content (AvgIpc) is 3.53. The number of rotatable bonds is 57. The topological polar surface area (TPSA) is 358 Å². The van der Waals surface area contributed by atoms with Gasteiger partial charge in [-0.05, 0) is 24.0 Å². The molecule has 0 unspecified atom stereocenters. The summed E-state index contributed by atoms with van der Waals surface area (Å²) >= 11 is 0. The fourth-order valence-corrected chi connectivity index (χ4v) is 6.59. The summed E-state index contributed by atoms with van der Waals surface area (Å²) in [5.41, 5.74) is 7.86. The van der Waals surface area contributed by atoms with Crippen LogP contribution in [0.4, 0.5) is 0 Å². The van der Waals surface area contributed by atoms with E-state index in [0.717, 1.165) is 6.42 Å². The van der Waals surface area contributed by atoms with E-state index in [4.69, 9.17) is 72.4 Å². The number of hydrogen-bond acceptors (Lipinski definition) is 21. The van der Waals surface area contributed by atoms with Crippen LogP contribution in [-0.2, 0) is 108 Å². The summed E-state index contributed by atoms with van der Waals surface area (Å²) in [5.74, 6) is -5.06. The minimum Gasteiger partial charge on any atom is -0.480 e. The lowest BCUT2D eigenvalue weighted by Crippen LogP contribution is -2.52. The Hall–Kier alpha value is -5.83. The van der Waals surface area contributed by atoms with Crippen LogP contribution >= 0.6 is 0 Å². The van der Waals surface area contributed by atoms with Gasteiger partial charge in [-0.1, -0.05) is 60.7 Å². The highest BCUT2D eigenvalue weighted by Crippen LogP contribution is 2.04. The predicted molar refractivity (Wildman–Crippen MR) is 298 cm³/mol. The van der Waals surface area contributed by atoms with E-state index in [1.165, 1.54) is 5.56 Å². The lowest BCUT2D eigenvalue weighted by molar-refractivity contribution is -0.143. The number of carbonyl (C=O) groups excluding carboxylic acids is 6. The quantitative estimate of drug-likeness (QED) is 0.0260. The maximum Gasteiger partial charge on any atom is 0.329 e. The van der Waals surface area contributed by atoms with Crippen molar-refractivity contribution in [1.82, 2.24) is 31.9 Å². The van der Waals surface area contributed by atoms with Crippen molar-refractivity contribution in [3.05, 3.63) is 71.8 Å². The highest BCUT2D eigenvalue weighted by atomic mass is 16.6. The molecular weight excluding hydrogens is 1090 g/mol. The van der Waals surface area contributed by atoms with Crippen LogP contribution in [0.15, 0.2) is 60.7 Å². The number of amides is 6. The van der Waals surface area contributed by atoms with Crippen LogP contribution in [0, 0.1) is 0 Å². The Balaban J connectivity index is 1.29. The van der Waals surface area contributed by atoms with Gasteiger partial charge in [0.25, 0.3) is 0 Å². The van der Waals surface area contributed by atoms with E-state index in [0.29, 0.717) is 158 Å². The molecule has 0 aliphatic carbocycles. The number of hydrogen-bond donors (Lipinski definition) is 8. The molecule has 0 heterocycles. The van der Waals surface area contributed by atoms with Crippen molar-refractivity contribution >= 4 is 41.4 Å². The Morgan fingerprint density at radius 1 is 0.398 bits per heavy atom. The lowest BCUT2D eigenvalue weighted by Gasteiger charge is -2.19. The SMILES string of the molecule is N[C@@H](CCC(=O)NCCOCCOCCOCCOCCOCCOCCOCCOCCOCCOCCOCCOCCc1ccccc1)C(=O)NCC(=O)NCC(=O)N[C@@H](Cc1ccccc1)C(=O)NCC(=O)NCOCC(=O)O. The molecular formula is C55H89N7O21. The third kappa shape index (κ3) is 46.3. The summed E-state index contributed by atoms with van der Waals surface area (Å²) < 4.78 is 70.8. The summed E-state index contributed by atoms with van der Waals surface area (Å²) in [4.78, 5) is 85.2. The van der Waals surface area contributed by atoms with Gasteiger partial charge in [0, 0.05) is 19.4 Å². The average molecular weight is 1180 g/mol. The lowest BCUT2D eigenvalue weighted by atomic mass is 10.1. The molecule has 83 heavy (non-hydrogen) atoms. The molecule has 2 atom stereocenters. The van der Waals surface area contributed by atoms with E-state index in [1.807, 2.05) is 18.2 Å². The van der Waals surface area contributed by atoms with Gasteiger partial charge in [-0.25, -0.2) is 4.79 Å². The highest BCUT2D eigenvalue weighted by molar-refractivity contribution is 5.93. The highest BCUT2D eigenvalue weighted by Gasteiger charge is 2.23. The normalized spacial score (nSPS) is 11.8. The van der Waals surface area contributed by atoms with Crippen LogP contribution in [0.25, 0.3) is 0 Å². The van der Waals surface area contributed by atoms with Gasteiger partial charge < -0.3 is 104 Å². The summed E-state index contributed by atoms with van der Waals surface area (Å²) in [6.07, 6.45) is 0.897. The van der Waals surface area contributed by atoms with Gasteiger partial charge in [-0.15, -0.1) is 0 Å². The molecule has 2 aromatic rings. The molecule has 0 spiro atoms. The molecule has 0 fully saturated rings. The molecule has 0 aliphatic rings. The molecule has 470 valence electrons. The van der Waals surface area contributed by atoms with Gasteiger partial charge in [0.1, 0.15) is 19.4 Å². The monoisotopic (exact) mass is 1180 g/mol. The molecule has 0 saturated carbocycles. The van der Waals surface area contributed by atoms with Crippen molar-refractivity contribution in [3.63, 3.8) is 0 Å². The minimum absolute atomic E-state index is 0.000142. The van der Waals surface area contributed by atoms with Crippen LogP contribution < -0.4 is 37.6 Å². The van der Waals surface area contributed by atoms with Crippen molar-refractivity contribution in [2.24, 2.45) is 5.73 Å². The zero-order chi connectivity index (χ0) is 59.9. The Bertz CT molecular complexity index is 1980. The number of aliphatic carboxylic acids is 1. The Morgan fingerprint density at radius 3 is 1.20 bits per heavy atom. The molecule has 2 aromatic carbocycles. The van der Waals surface area contributed by atoms with E-state index < -0.39 is 73.8 Å². The molecule has 0 aromatic heterocycles. The second kappa shape index (κ2) is 52.9. The Kier molecular flexibility index (Phi) is 46.7. The molecule has 9 N–H and O–H groups in total. The maximum atomic E-state index is 12.9. The van der Waals surface area contributed by atoms with Crippen LogP contribution in [0.5, 0.6) is 0 Å². The van der Waals surface area contributed by atoms with Gasteiger partial charge in [0.15, 0.2) is 0 Å². The number of carbonyl (C=O) groups is 7. The first kappa shape index (κ1) is 73.3. The van der Waals surface area contributed by atoms with Crippen LogP contribution in [-0.4, -0.2) is 257 Å². The van der Waals surface area contributed by atoms with Crippen molar-refractivity contribution in [1.29, 1.82) is 0 Å². The van der Waals surface area contributed by atoms with E-state index in [1.54, 1.807) is 30.3 Å².